The van der Waals surface area contributed by atoms with E-state index in [0.717, 1.165) is 25.3 Å². The first-order chi connectivity index (χ1) is 7.34. The van der Waals surface area contributed by atoms with Crippen molar-refractivity contribution in [1.29, 1.82) is 5.26 Å². The number of rotatable bonds is 6. The van der Waals surface area contributed by atoms with Crippen LogP contribution in [0.1, 0.15) is 58.3 Å². The highest BCUT2D eigenvalue weighted by Crippen LogP contribution is 2.26. The Bertz CT molecular complexity index is 189. The van der Waals surface area contributed by atoms with Crippen molar-refractivity contribution in [2.75, 3.05) is 6.54 Å². The molecule has 0 aromatic heterocycles. The Morgan fingerprint density at radius 1 is 1.27 bits per heavy atom. The van der Waals surface area contributed by atoms with Crippen LogP contribution in [0.4, 0.5) is 0 Å². The third-order valence-corrected chi connectivity index (χ3v) is 3.54. The monoisotopic (exact) mass is 208 g/mol. The maximum Gasteiger partial charge on any atom is 0.0621 e. The molecule has 0 radical (unpaired) electrons. The summed E-state index contributed by atoms with van der Waals surface area (Å²) in [6.45, 7) is 3.40. The van der Waals surface area contributed by atoms with Gasteiger partial charge < -0.3 is 5.32 Å². The summed E-state index contributed by atoms with van der Waals surface area (Å²) in [4.78, 5) is 0. The molecular formula is C13H24N2. The standard InChI is InChI=1S/C13H24N2/c1-12(13-8-4-2-5-9-13)15-11-7-3-6-10-14/h12-13,15H,2-9,11H2,1H3/t12-/m1/s1. The molecule has 1 atom stereocenters. The Hall–Kier alpha value is -0.550. The largest absolute Gasteiger partial charge is 0.314 e. The highest BCUT2D eigenvalue weighted by atomic mass is 14.9. The minimum atomic E-state index is 0.674. The van der Waals surface area contributed by atoms with Gasteiger partial charge in [-0.15, -0.1) is 0 Å². The van der Waals surface area contributed by atoms with Gasteiger partial charge in [0.2, 0.25) is 0 Å². The average molecular weight is 208 g/mol. The van der Waals surface area contributed by atoms with Crippen LogP contribution in [0.2, 0.25) is 0 Å². The van der Waals surface area contributed by atoms with Crippen LogP contribution < -0.4 is 5.32 Å². The predicted octanol–water partition coefficient (Wildman–Crippen LogP) is 3.24. The summed E-state index contributed by atoms with van der Waals surface area (Å²) in [5.41, 5.74) is 0. The van der Waals surface area contributed by atoms with Crippen LogP contribution in [-0.4, -0.2) is 12.6 Å². The first-order valence-electron chi connectivity index (χ1n) is 6.45. The smallest absolute Gasteiger partial charge is 0.0621 e. The summed E-state index contributed by atoms with van der Waals surface area (Å²) in [6.07, 6.45) is 9.99. The van der Waals surface area contributed by atoms with Gasteiger partial charge in [-0.3, -0.25) is 0 Å². The third-order valence-electron chi connectivity index (χ3n) is 3.54. The molecule has 0 aliphatic heterocycles. The molecular weight excluding hydrogens is 184 g/mol. The number of nitrogens with zero attached hydrogens (tertiary/aromatic N) is 1. The van der Waals surface area contributed by atoms with Crippen LogP contribution >= 0.6 is 0 Å². The van der Waals surface area contributed by atoms with E-state index in [-0.39, 0.29) is 0 Å². The minimum Gasteiger partial charge on any atom is -0.314 e. The van der Waals surface area contributed by atoms with Gasteiger partial charge >= 0.3 is 0 Å². The van der Waals surface area contributed by atoms with Gasteiger partial charge in [0, 0.05) is 12.5 Å². The van der Waals surface area contributed by atoms with Gasteiger partial charge in [-0.1, -0.05) is 19.3 Å². The van der Waals surface area contributed by atoms with E-state index in [1.807, 2.05) is 0 Å². The quantitative estimate of drug-likeness (QED) is 0.680. The third kappa shape index (κ3) is 5.18. The van der Waals surface area contributed by atoms with E-state index in [0.29, 0.717) is 12.5 Å². The lowest BCUT2D eigenvalue weighted by Gasteiger charge is -2.28. The van der Waals surface area contributed by atoms with Gasteiger partial charge in [0.25, 0.3) is 0 Å². The summed E-state index contributed by atoms with van der Waals surface area (Å²) in [5.74, 6) is 0.898. The maximum absolute atomic E-state index is 8.41. The van der Waals surface area contributed by atoms with Crippen molar-refractivity contribution in [1.82, 2.24) is 5.32 Å². The number of nitrogens with one attached hydrogen (secondary N) is 1. The van der Waals surface area contributed by atoms with E-state index < -0.39 is 0 Å². The topological polar surface area (TPSA) is 35.8 Å². The first kappa shape index (κ1) is 12.5. The van der Waals surface area contributed by atoms with Gasteiger partial charge in [0.15, 0.2) is 0 Å². The van der Waals surface area contributed by atoms with Crippen LogP contribution in [0.3, 0.4) is 0 Å². The predicted molar refractivity (Wildman–Crippen MR) is 63.5 cm³/mol. The second-order valence-corrected chi connectivity index (χ2v) is 4.76. The molecule has 15 heavy (non-hydrogen) atoms. The zero-order valence-electron chi connectivity index (χ0n) is 9.97. The molecule has 0 aromatic rings. The van der Waals surface area contributed by atoms with Crippen molar-refractivity contribution in [3.05, 3.63) is 0 Å². The molecule has 0 heterocycles. The van der Waals surface area contributed by atoms with Crippen LogP contribution in [0.5, 0.6) is 0 Å². The summed E-state index contributed by atoms with van der Waals surface area (Å²) < 4.78 is 0. The molecule has 2 nitrogen and oxygen atoms in total. The van der Waals surface area contributed by atoms with Crippen LogP contribution in [-0.2, 0) is 0 Å². The number of unbranched alkanes of at least 4 members (excludes halogenated alkanes) is 2. The molecule has 1 aliphatic rings. The summed E-state index contributed by atoms with van der Waals surface area (Å²) in [5, 5.41) is 12.0. The van der Waals surface area contributed by atoms with E-state index in [9.17, 15) is 0 Å². The molecule has 0 spiro atoms. The Kier molecular flexibility index (Phi) is 6.43. The summed E-state index contributed by atoms with van der Waals surface area (Å²) >= 11 is 0. The fourth-order valence-electron chi connectivity index (χ4n) is 2.46. The van der Waals surface area contributed by atoms with Crippen molar-refractivity contribution in [2.45, 2.75) is 64.3 Å². The van der Waals surface area contributed by atoms with Crippen molar-refractivity contribution in [2.24, 2.45) is 5.92 Å². The molecule has 0 amide bonds. The highest BCUT2D eigenvalue weighted by Gasteiger charge is 2.18. The zero-order valence-corrected chi connectivity index (χ0v) is 9.97. The average Bonchev–Trinajstić information content (AvgIpc) is 2.30. The summed E-state index contributed by atoms with van der Waals surface area (Å²) in [7, 11) is 0. The second kappa shape index (κ2) is 7.70. The molecule has 0 unspecified atom stereocenters. The van der Waals surface area contributed by atoms with Crippen LogP contribution in [0.15, 0.2) is 0 Å². The van der Waals surface area contributed by atoms with E-state index in [1.54, 1.807) is 0 Å². The minimum absolute atomic E-state index is 0.674. The van der Waals surface area contributed by atoms with Gasteiger partial charge in [-0.2, -0.15) is 5.26 Å². The Morgan fingerprint density at radius 2 is 2.00 bits per heavy atom. The van der Waals surface area contributed by atoms with E-state index in [4.69, 9.17) is 5.26 Å². The number of nitriles is 1. The lowest BCUT2D eigenvalue weighted by Crippen LogP contribution is -2.35. The van der Waals surface area contributed by atoms with Crippen molar-refractivity contribution >= 4 is 0 Å². The SMILES string of the molecule is C[C@@H](NCCCCC#N)C1CCCCC1. The van der Waals surface area contributed by atoms with Gasteiger partial charge in [0.1, 0.15) is 0 Å². The zero-order chi connectivity index (χ0) is 10.9. The molecule has 1 N–H and O–H groups in total. The van der Waals surface area contributed by atoms with Gasteiger partial charge in [-0.05, 0) is 45.1 Å². The number of hydrogen-bond donors (Lipinski definition) is 1. The fraction of sp³-hybridized carbons (Fsp3) is 0.923. The second-order valence-electron chi connectivity index (χ2n) is 4.76. The molecule has 0 aromatic carbocycles. The number of hydrogen-bond acceptors (Lipinski definition) is 2. The Labute approximate surface area is 94.1 Å². The molecule has 1 aliphatic carbocycles. The molecule has 2 heteroatoms. The van der Waals surface area contributed by atoms with Gasteiger partial charge in [-0.25, -0.2) is 0 Å². The van der Waals surface area contributed by atoms with Crippen molar-refractivity contribution < 1.29 is 0 Å². The molecule has 0 bridgehead atoms. The molecule has 86 valence electrons. The summed E-state index contributed by atoms with van der Waals surface area (Å²) in [6, 6.07) is 2.86. The highest BCUT2D eigenvalue weighted by molar-refractivity contribution is 4.76. The first-order valence-corrected chi connectivity index (χ1v) is 6.45. The van der Waals surface area contributed by atoms with E-state index >= 15 is 0 Å². The van der Waals surface area contributed by atoms with Crippen LogP contribution in [0.25, 0.3) is 0 Å². The van der Waals surface area contributed by atoms with E-state index in [2.05, 4.69) is 18.3 Å². The Balaban J connectivity index is 2.02. The van der Waals surface area contributed by atoms with Crippen molar-refractivity contribution in [3.63, 3.8) is 0 Å². The molecule has 1 saturated carbocycles. The van der Waals surface area contributed by atoms with Crippen molar-refractivity contribution in [3.8, 4) is 6.07 Å². The lowest BCUT2D eigenvalue weighted by molar-refractivity contribution is 0.281. The Morgan fingerprint density at radius 3 is 2.67 bits per heavy atom. The van der Waals surface area contributed by atoms with Gasteiger partial charge in [0.05, 0.1) is 6.07 Å². The normalized spacial score (nSPS) is 19.7. The molecule has 1 fully saturated rings. The molecule has 1 rings (SSSR count). The maximum atomic E-state index is 8.41. The van der Waals surface area contributed by atoms with E-state index in [1.165, 1.54) is 32.1 Å². The fourth-order valence-corrected chi connectivity index (χ4v) is 2.46. The van der Waals surface area contributed by atoms with Crippen LogP contribution in [0, 0.1) is 17.2 Å². The lowest BCUT2D eigenvalue weighted by atomic mass is 9.84. The molecule has 0 saturated heterocycles.